The van der Waals surface area contributed by atoms with Crippen LogP contribution in [0.3, 0.4) is 0 Å². The molecule has 0 saturated heterocycles. The second kappa shape index (κ2) is 8.34. The van der Waals surface area contributed by atoms with E-state index in [0.29, 0.717) is 18.8 Å². The minimum atomic E-state index is -0.140. The molecule has 4 heteroatoms. The first-order chi connectivity index (χ1) is 11.2. The standard InChI is InChI=1S/C19H23NO3/c1-4-11-23-13-16-12-15(9-10-18(16)22-3)19(21)20-17-8-6-5-7-14(17)2/h5-10,12H,4,11,13H2,1-3H3,(H,20,21). The number of carbonyl (C=O) groups is 1. The van der Waals surface area contributed by atoms with Crippen molar-refractivity contribution in [2.75, 3.05) is 19.0 Å². The molecule has 122 valence electrons. The fraction of sp³-hybridized carbons (Fsp3) is 0.316. The van der Waals surface area contributed by atoms with Gasteiger partial charge in [0.2, 0.25) is 0 Å². The lowest BCUT2D eigenvalue weighted by Crippen LogP contribution is -2.13. The number of carbonyl (C=O) groups excluding carboxylic acids is 1. The number of hydrogen-bond acceptors (Lipinski definition) is 3. The van der Waals surface area contributed by atoms with Crippen molar-refractivity contribution in [3.63, 3.8) is 0 Å². The minimum absolute atomic E-state index is 0.140. The third kappa shape index (κ3) is 4.57. The van der Waals surface area contributed by atoms with Crippen molar-refractivity contribution in [3.05, 3.63) is 59.2 Å². The number of methoxy groups -OCH3 is 1. The van der Waals surface area contributed by atoms with E-state index < -0.39 is 0 Å². The minimum Gasteiger partial charge on any atom is -0.496 e. The van der Waals surface area contributed by atoms with Gasteiger partial charge in [-0.25, -0.2) is 0 Å². The zero-order valence-electron chi connectivity index (χ0n) is 13.9. The van der Waals surface area contributed by atoms with Crippen LogP contribution < -0.4 is 10.1 Å². The number of amides is 1. The van der Waals surface area contributed by atoms with Gasteiger partial charge in [-0.05, 0) is 43.2 Å². The molecule has 4 nitrogen and oxygen atoms in total. The molecule has 0 aliphatic carbocycles. The average molecular weight is 313 g/mol. The highest BCUT2D eigenvalue weighted by atomic mass is 16.5. The lowest BCUT2D eigenvalue weighted by atomic mass is 10.1. The fourth-order valence-electron chi connectivity index (χ4n) is 2.27. The molecule has 0 bridgehead atoms. The number of anilines is 1. The average Bonchev–Trinajstić information content (AvgIpc) is 2.57. The first-order valence-corrected chi connectivity index (χ1v) is 7.77. The molecule has 0 fully saturated rings. The van der Waals surface area contributed by atoms with E-state index in [0.717, 1.165) is 29.0 Å². The molecule has 23 heavy (non-hydrogen) atoms. The van der Waals surface area contributed by atoms with Crippen molar-refractivity contribution in [1.82, 2.24) is 0 Å². The summed E-state index contributed by atoms with van der Waals surface area (Å²) in [5.41, 5.74) is 3.31. The fourth-order valence-corrected chi connectivity index (χ4v) is 2.27. The monoisotopic (exact) mass is 313 g/mol. The number of benzene rings is 2. The molecule has 0 aliphatic heterocycles. The van der Waals surface area contributed by atoms with Gasteiger partial charge < -0.3 is 14.8 Å². The predicted octanol–water partition coefficient (Wildman–Crippen LogP) is 4.18. The maximum Gasteiger partial charge on any atom is 0.255 e. The van der Waals surface area contributed by atoms with Gasteiger partial charge in [-0.15, -0.1) is 0 Å². The lowest BCUT2D eigenvalue weighted by molar-refractivity contribution is 0.102. The van der Waals surface area contributed by atoms with Crippen LogP contribution in [0.15, 0.2) is 42.5 Å². The van der Waals surface area contributed by atoms with Gasteiger partial charge in [0.25, 0.3) is 5.91 Å². The molecule has 0 radical (unpaired) electrons. The van der Waals surface area contributed by atoms with Crippen molar-refractivity contribution in [2.24, 2.45) is 0 Å². The summed E-state index contributed by atoms with van der Waals surface area (Å²) in [7, 11) is 1.62. The summed E-state index contributed by atoms with van der Waals surface area (Å²) in [4.78, 5) is 12.5. The Kier molecular flexibility index (Phi) is 6.18. The molecule has 0 aliphatic rings. The molecule has 1 N–H and O–H groups in total. The van der Waals surface area contributed by atoms with Crippen LogP contribution in [0.4, 0.5) is 5.69 Å². The summed E-state index contributed by atoms with van der Waals surface area (Å²) in [5.74, 6) is 0.590. The molecule has 2 aromatic rings. The van der Waals surface area contributed by atoms with Gasteiger partial charge in [0, 0.05) is 23.4 Å². The Morgan fingerprint density at radius 2 is 1.96 bits per heavy atom. The van der Waals surface area contributed by atoms with Gasteiger partial charge >= 0.3 is 0 Å². The normalized spacial score (nSPS) is 10.4. The summed E-state index contributed by atoms with van der Waals surface area (Å²) < 4.78 is 10.9. The molecule has 2 rings (SSSR count). The zero-order valence-corrected chi connectivity index (χ0v) is 13.9. The third-order valence-corrected chi connectivity index (χ3v) is 3.54. The lowest BCUT2D eigenvalue weighted by Gasteiger charge is -2.12. The third-order valence-electron chi connectivity index (χ3n) is 3.54. The Morgan fingerprint density at radius 3 is 2.65 bits per heavy atom. The summed E-state index contributed by atoms with van der Waals surface area (Å²) in [6, 6.07) is 13.1. The highest BCUT2D eigenvalue weighted by Gasteiger charge is 2.11. The molecule has 0 saturated carbocycles. The topological polar surface area (TPSA) is 47.6 Å². The molecule has 2 aromatic carbocycles. The number of para-hydroxylation sites is 1. The Bertz CT molecular complexity index is 667. The Balaban J connectivity index is 2.16. The molecule has 1 amide bonds. The van der Waals surface area contributed by atoms with E-state index in [1.807, 2.05) is 37.3 Å². The van der Waals surface area contributed by atoms with Crippen molar-refractivity contribution < 1.29 is 14.3 Å². The predicted molar refractivity (Wildman–Crippen MR) is 92.1 cm³/mol. The molecule has 0 unspecified atom stereocenters. The number of aryl methyl sites for hydroxylation is 1. The van der Waals surface area contributed by atoms with Gasteiger partial charge in [-0.3, -0.25) is 4.79 Å². The van der Waals surface area contributed by atoms with Crippen LogP contribution >= 0.6 is 0 Å². The van der Waals surface area contributed by atoms with Crippen LogP contribution in [0.1, 0.15) is 34.8 Å². The van der Waals surface area contributed by atoms with Gasteiger partial charge in [0.15, 0.2) is 0 Å². The Morgan fingerprint density at radius 1 is 1.17 bits per heavy atom. The van der Waals surface area contributed by atoms with Gasteiger partial charge in [-0.1, -0.05) is 25.1 Å². The van der Waals surface area contributed by atoms with E-state index in [1.165, 1.54) is 0 Å². The quantitative estimate of drug-likeness (QED) is 0.780. The first-order valence-electron chi connectivity index (χ1n) is 7.77. The van der Waals surface area contributed by atoms with E-state index in [2.05, 4.69) is 12.2 Å². The number of rotatable bonds is 7. The molecule has 0 aromatic heterocycles. The second-order valence-electron chi connectivity index (χ2n) is 5.35. The van der Waals surface area contributed by atoms with E-state index in [1.54, 1.807) is 19.2 Å². The van der Waals surface area contributed by atoms with Crippen molar-refractivity contribution in [2.45, 2.75) is 26.9 Å². The second-order valence-corrected chi connectivity index (χ2v) is 5.35. The van der Waals surface area contributed by atoms with Crippen LogP contribution in [0, 0.1) is 6.92 Å². The molecular formula is C19H23NO3. The van der Waals surface area contributed by atoms with Crippen LogP contribution in [-0.2, 0) is 11.3 Å². The molecule has 0 heterocycles. The first kappa shape index (κ1) is 17.0. The van der Waals surface area contributed by atoms with Crippen molar-refractivity contribution >= 4 is 11.6 Å². The van der Waals surface area contributed by atoms with E-state index in [-0.39, 0.29) is 5.91 Å². The molecular weight excluding hydrogens is 290 g/mol. The van der Waals surface area contributed by atoms with Crippen LogP contribution in [0.5, 0.6) is 5.75 Å². The van der Waals surface area contributed by atoms with E-state index in [9.17, 15) is 4.79 Å². The van der Waals surface area contributed by atoms with Gasteiger partial charge in [0.05, 0.1) is 13.7 Å². The highest BCUT2D eigenvalue weighted by molar-refractivity contribution is 6.04. The number of hydrogen-bond donors (Lipinski definition) is 1. The van der Waals surface area contributed by atoms with Crippen molar-refractivity contribution in [1.29, 1.82) is 0 Å². The van der Waals surface area contributed by atoms with E-state index in [4.69, 9.17) is 9.47 Å². The van der Waals surface area contributed by atoms with Crippen molar-refractivity contribution in [3.8, 4) is 5.75 Å². The van der Waals surface area contributed by atoms with Crippen LogP contribution in [0.2, 0.25) is 0 Å². The number of ether oxygens (including phenoxy) is 2. The van der Waals surface area contributed by atoms with Gasteiger partial charge in [-0.2, -0.15) is 0 Å². The largest absolute Gasteiger partial charge is 0.496 e. The SMILES string of the molecule is CCCOCc1cc(C(=O)Nc2ccccc2C)ccc1OC. The summed E-state index contributed by atoms with van der Waals surface area (Å²) >= 11 is 0. The Hall–Kier alpha value is -2.33. The van der Waals surface area contributed by atoms with E-state index >= 15 is 0 Å². The Labute approximate surface area is 137 Å². The summed E-state index contributed by atoms with van der Waals surface area (Å²) in [6.07, 6.45) is 0.954. The zero-order chi connectivity index (χ0) is 16.7. The van der Waals surface area contributed by atoms with Crippen LogP contribution in [-0.4, -0.2) is 19.6 Å². The maximum absolute atomic E-state index is 12.5. The summed E-state index contributed by atoms with van der Waals surface area (Å²) in [5, 5.41) is 2.94. The molecule has 0 spiro atoms. The number of nitrogens with one attached hydrogen (secondary N) is 1. The van der Waals surface area contributed by atoms with Gasteiger partial charge in [0.1, 0.15) is 5.75 Å². The smallest absolute Gasteiger partial charge is 0.255 e. The van der Waals surface area contributed by atoms with Crippen LogP contribution in [0.25, 0.3) is 0 Å². The highest BCUT2D eigenvalue weighted by Crippen LogP contribution is 2.22. The summed E-state index contributed by atoms with van der Waals surface area (Å²) in [6.45, 7) is 5.14. The maximum atomic E-state index is 12.5. The molecule has 0 atom stereocenters.